The molecule has 17 nitrogen and oxygen atoms in total. The molecule has 0 spiro atoms. The van der Waals surface area contributed by atoms with Crippen molar-refractivity contribution in [2.75, 3.05) is 62.2 Å². The van der Waals surface area contributed by atoms with Crippen LogP contribution in [0.15, 0.2) is 72.8 Å². The topological polar surface area (TPSA) is 201 Å². The summed E-state index contributed by atoms with van der Waals surface area (Å²) in [6, 6.07) is 24.7. The van der Waals surface area contributed by atoms with E-state index in [0.717, 1.165) is 84.4 Å². The Balaban J connectivity index is 0.803. The summed E-state index contributed by atoms with van der Waals surface area (Å²) in [7, 11) is 0. The number of piperidine rings is 1. The minimum absolute atomic E-state index is 0.0107. The summed E-state index contributed by atoms with van der Waals surface area (Å²) in [5.41, 5.74) is 5.61. The van der Waals surface area contributed by atoms with Crippen LogP contribution >= 0.6 is 11.6 Å². The van der Waals surface area contributed by atoms with Gasteiger partial charge in [0.05, 0.1) is 53.1 Å². The van der Waals surface area contributed by atoms with Crippen LogP contribution in [0.4, 0.5) is 11.5 Å². The van der Waals surface area contributed by atoms with Crippen molar-refractivity contribution in [1.29, 1.82) is 5.26 Å². The lowest BCUT2D eigenvalue weighted by molar-refractivity contribution is -0.138. The van der Waals surface area contributed by atoms with Crippen LogP contribution in [0.2, 0.25) is 5.02 Å². The van der Waals surface area contributed by atoms with Crippen LogP contribution in [0.1, 0.15) is 87.6 Å². The van der Waals surface area contributed by atoms with Gasteiger partial charge in [0.15, 0.2) is 5.82 Å². The molecule has 0 saturated carbocycles. The van der Waals surface area contributed by atoms with E-state index in [1.165, 1.54) is 10.6 Å². The van der Waals surface area contributed by atoms with E-state index in [2.05, 4.69) is 55.2 Å². The van der Waals surface area contributed by atoms with Crippen molar-refractivity contribution in [3.05, 3.63) is 100 Å². The van der Waals surface area contributed by atoms with Gasteiger partial charge in [-0.25, -0.2) is 4.57 Å². The van der Waals surface area contributed by atoms with Gasteiger partial charge in [0.2, 0.25) is 11.8 Å². The zero-order valence-corrected chi connectivity index (χ0v) is 42.4. The Labute approximate surface area is 430 Å². The van der Waals surface area contributed by atoms with Crippen LogP contribution in [0.5, 0.6) is 23.5 Å². The fourth-order valence-corrected chi connectivity index (χ4v) is 11.6. The summed E-state index contributed by atoms with van der Waals surface area (Å²) in [6.45, 7) is 11.7. The number of nitriles is 1. The molecule has 4 aromatic carbocycles. The number of hydrogen-bond donors (Lipinski definition) is 3. The van der Waals surface area contributed by atoms with Gasteiger partial charge in [-0.15, -0.1) is 5.10 Å². The van der Waals surface area contributed by atoms with Crippen LogP contribution in [-0.4, -0.2) is 131 Å². The van der Waals surface area contributed by atoms with Gasteiger partial charge in [0.1, 0.15) is 23.9 Å². The number of aromatic hydroxyl groups is 3. The van der Waals surface area contributed by atoms with Crippen molar-refractivity contribution in [3.8, 4) is 46.7 Å². The molecule has 0 aliphatic carbocycles. The van der Waals surface area contributed by atoms with Crippen molar-refractivity contribution >= 4 is 45.7 Å². The summed E-state index contributed by atoms with van der Waals surface area (Å²) in [6.07, 6.45) is 4.49. The SMILES string of the molecule is CCC(=O)N1CCN(c2nc(OC[C@@H]3CCCN3C(=O)C3CCN(Cc4ccc(-n5c(O)nnc5-c5cc(C(C)C)c(O)cc5O)cc4)CC3)nc3c2CCN(c2cccc4cccc(Cl)c24)C3)C[C@@H]1CC#N. The van der Waals surface area contributed by atoms with Crippen molar-refractivity contribution in [2.45, 2.75) is 96.8 Å². The molecule has 73 heavy (non-hydrogen) atoms. The molecule has 0 radical (unpaired) electrons. The molecule has 6 heterocycles. The molecular formula is C55H62ClN11O6. The average molecular weight is 1010 g/mol. The predicted octanol–water partition coefficient (Wildman–Crippen LogP) is 7.96. The molecular weight excluding hydrogens is 946 g/mol. The Bertz CT molecular complexity index is 3050. The number of carbonyl (C=O) groups is 2. The van der Waals surface area contributed by atoms with Crippen LogP contribution in [0.25, 0.3) is 27.8 Å². The number of hydrogen-bond acceptors (Lipinski definition) is 14. The van der Waals surface area contributed by atoms with Crippen molar-refractivity contribution in [3.63, 3.8) is 0 Å². The van der Waals surface area contributed by atoms with Crippen LogP contribution in [-0.2, 0) is 29.1 Å². The fraction of sp³-hybridized carbons (Fsp3) is 0.436. The van der Waals surface area contributed by atoms with Crippen LogP contribution in [0.3, 0.4) is 0 Å². The first-order valence-electron chi connectivity index (χ1n) is 25.6. The van der Waals surface area contributed by atoms with Gasteiger partial charge in [-0.1, -0.05) is 73.9 Å². The second-order valence-electron chi connectivity index (χ2n) is 20.0. The molecule has 2 amide bonds. The van der Waals surface area contributed by atoms with E-state index in [4.69, 9.17) is 26.3 Å². The maximum atomic E-state index is 14.3. The monoisotopic (exact) mass is 1010 g/mol. The number of amides is 2. The van der Waals surface area contributed by atoms with E-state index in [1.807, 2.05) is 67.0 Å². The van der Waals surface area contributed by atoms with Crippen LogP contribution in [0, 0.1) is 17.2 Å². The summed E-state index contributed by atoms with van der Waals surface area (Å²) >= 11 is 6.82. The van der Waals surface area contributed by atoms with E-state index in [0.29, 0.717) is 73.9 Å². The number of benzene rings is 4. The molecule has 380 valence electrons. The molecule has 6 aromatic rings. The van der Waals surface area contributed by atoms with Gasteiger partial charge in [-0.3, -0.25) is 14.5 Å². The highest BCUT2D eigenvalue weighted by Gasteiger charge is 2.37. The number of rotatable bonds is 13. The number of nitrogens with zero attached hydrogens (tertiary/aromatic N) is 11. The molecule has 10 rings (SSSR count). The number of halogens is 1. The standard InChI is InChI=1S/C55H62ClN11O6/c1-4-49(70)65-27-26-64(31-39(65)17-21-57)51-41-20-25-63(46-12-6-9-36-8-5-11-44(56)50(36)46)32-45(41)58-54(59-51)73-33-40-10-7-22-66(40)53(71)37-18-23-62(24-19-37)30-35-13-15-38(16-14-35)67-52(60-61-55(67)72)43-28-42(34(2)3)47(68)29-48(43)69/h5-6,8-9,11-16,28-29,34,37,39-40,68-69H,4,7,10,17-20,22-27,30-33H2,1-3H3,(H,61,72)/t39-,40-/m0/s1. The van der Waals surface area contributed by atoms with E-state index in [9.17, 15) is 30.2 Å². The number of aromatic nitrogens is 5. The zero-order valence-electron chi connectivity index (χ0n) is 41.6. The van der Waals surface area contributed by atoms with Gasteiger partial charge in [0, 0.05) is 74.3 Å². The average Bonchev–Trinajstić information content (AvgIpc) is 4.04. The lowest BCUT2D eigenvalue weighted by Gasteiger charge is -2.42. The number of fused-ring (bicyclic) bond motifs is 2. The van der Waals surface area contributed by atoms with Crippen molar-refractivity contribution in [2.24, 2.45) is 5.92 Å². The largest absolute Gasteiger partial charge is 0.508 e. The molecule has 0 unspecified atom stereocenters. The number of likely N-dealkylation sites (tertiary alicyclic amines) is 2. The maximum Gasteiger partial charge on any atom is 0.319 e. The normalized spacial score (nSPS) is 18.6. The predicted molar refractivity (Wildman–Crippen MR) is 278 cm³/mol. The number of phenolic OH excluding ortho intramolecular Hbond substituents is 2. The quantitative estimate of drug-likeness (QED) is 0.101. The third-order valence-corrected chi connectivity index (χ3v) is 15.5. The Morgan fingerprint density at radius 2 is 1.64 bits per heavy atom. The Hall–Kier alpha value is -7.16. The summed E-state index contributed by atoms with van der Waals surface area (Å²) < 4.78 is 8.03. The third-order valence-electron chi connectivity index (χ3n) is 15.2. The maximum absolute atomic E-state index is 14.3. The molecule has 4 aliphatic rings. The number of anilines is 2. The molecule has 3 saturated heterocycles. The molecule has 2 aromatic heterocycles. The number of carbonyl (C=O) groups excluding carboxylic acids is 2. The molecule has 0 bridgehead atoms. The van der Waals surface area contributed by atoms with E-state index < -0.39 is 0 Å². The van der Waals surface area contributed by atoms with Gasteiger partial charge in [-0.2, -0.15) is 15.2 Å². The molecule has 3 fully saturated rings. The highest BCUT2D eigenvalue weighted by Crippen LogP contribution is 2.40. The number of phenols is 2. The minimum atomic E-state index is -0.323. The third kappa shape index (κ3) is 10.0. The number of piperazine rings is 1. The molecule has 3 N–H and O–H groups in total. The lowest BCUT2D eigenvalue weighted by Crippen LogP contribution is -2.55. The van der Waals surface area contributed by atoms with Crippen molar-refractivity contribution in [1.82, 2.24) is 39.4 Å². The first kappa shape index (κ1) is 49.4. The smallest absolute Gasteiger partial charge is 0.319 e. The highest BCUT2D eigenvalue weighted by molar-refractivity contribution is 6.36. The number of ether oxygens (including phenoxy) is 1. The summed E-state index contributed by atoms with van der Waals surface area (Å²) in [5.74, 6) is 0.946. The van der Waals surface area contributed by atoms with Crippen molar-refractivity contribution < 1.29 is 29.6 Å². The molecule has 4 aliphatic heterocycles. The van der Waals surface area contributed by atoms with Crippen LogP contribution < -0.4 is 14.5 Å². The van der Waals surface area contributed by atoms with E-state index >= 15 is 0 Å². The first-order chi connectivity index (χ1) is 35.4. The zero-order chi connectivity index (χ0) is 50.9. The molecule has 18 heteroatoms. The second-order valence-corrected chi connectivity index (χ2v) is 20.4. The van der Waals surface area contributed by atoms with Gasteiger partial charge < -0.3 is 39.7 Å². The van der Waals surface area contributed by atoms with Gasteiger partial charge in [0.25, 0.3) is 0 Å². The Morgan fingerprint density at radius 3 is 2.40 bits per heavy atom. The van der Waals surface area contributed by atoms with Gasteiger partial charge >= 0.3 is 12.0 Å². The minimum Gasteiger partial charge on any atom is -0.508 e. The summed E-state index contributed by atoms with van der Waals surface area (Å²) in [4.78, 5) is 48.1. The van der Waals surface area contributed by atoms with Gasteiger partial charge in [-0.05, 0) is 98.0 Å². The molecule has 2 atom stereocenters. The first-order valence-corrected chi connectivity index (χ1v) is 26.0. The highest BCUT2D eigenvalue weighted by atomic mass is 35.5. The lowest BCUT2D eigenvalue weighted by atomic mass is 9.94. The Kier molecular flexibility index (Phi) is 14.3. The fourth-order valence-electron chi connectivity index (χ4n) is 11.3. The summed E-state index contributed by atoms with van der Waals surface area (Å²) in [5, 5.41) is 52.5. The van der Waals surface area contributed by atoms with E-state index in [1.54, 1.807) is 6.07 Å². The Morgan fingerprint density at radius 1 is 0.863 bits per heavy atom. The van der Waals surface area contributed by atoms with E-state index in [-0.39, 0.29) is 78.1 Å². The second kappa shape index (κ2) is 21.1.